The molecule has 3 aliphatic rings. The Labute approximate surface area is 139 Å². The average molecular weight is 321 g/mol. The van der Waals surface area contributed by atoms with Gasteiger partial charge in [0.05, 0.1) is 6.67 Å². The molecule has 130 valence electrons. The fourth-order valence-corrected chi connectivity index (χ4v) is 5.04. The number of hydrogen-bond acceptors (Lipinski definition) is 3. The molecule has 2 saturated heterocycles. The zero-order valence-corrected chi connectivity index (χ0v) is 15.0. The first-order valence-corrected chi connectivity index (χ1v) is 9.07. The van der Waals surface area contributed by atoms with Gasteiger partial charge in [0.25, 0.3) is 5.91 Å². The van der Waals surface area contributed by atoms with Crippen LogP contribution in [0.3, 0.4) is 0 Å². The van der Waals surface area contributed by atoms with Gasteiger partial charge in [-0.15, -0.1) is 0 Å². The van der Waals surface area contributed by atoms with Crippen LogP contribution < -0.4 is 5.32 Å². The maximum atomic E-state index is 13.1. The molecule has 0 aromatic rings. The Morgan fingerprint density at radius 3 is 2.35 bits per heavy atom. The minimum absolute atomic E-state index is 0.000692. The van der Waals surface area contributed by atoms with Gasteiger partial charge in [0.2, 0.25) is 0 Å². The Hall–Kier alpha value is -1.10. The van der Waals surface area contributed by atoms with Crippen molar-refractivity contribution in [3.05, 3.63) is 0 Å². The van der Waals surface area contributed by atoms with E-state index in [2.05, 4.69) is 37.9 Å². The van der Waals surface area contributed by atoms with E-state index in [-0.39, 0.29) is 17.4 Å². The summed E-state index contributed by atoms with van der Waals surface area (Å²) in [6, 6.07) is -0.196. The van der Waals surface area contributed by atoms with Crippen molar-refractivity contribution in [1.82, 2.24) is 15.1 Å². The Kier molecular flexibility index (Phi) is 4.20. The Balaban J connectivity index is 1.72. The maximum absolute atomic E-state index is 13.1. The predicted octanol–water partition coefficient (Wildman–Crippen LogP) is 2.81. The normalized spacial score (nSPS) is 35.8. The monoisotopic (exact) mass is 321 g/mol. The molecule has 0 bridgehead atoms. The summed E-state index contributed by atoms with van der Waals surface area (Å²) in [7, 11) is 0. The molecule has 1 aliphatic carbocycles. The largest absolute Gasteiger partial charge is 0.326 e. The zero-order chi connectivity index (χ0) is 16.8. The highest BCUT2D eigenvalue weighted by Crippen LogP contribution is 2.46. The Morgan fingerprint density at radius 2 is 1.74 bits per heavy atom. The summed E-state index contributed by atoms with van der Waals surface area (Å²) in [6.45, 7) is 11.3. The van der Waals surface area contributed by atoms with Gasteiger partial charge >= 0.3 is 6.03 Å². The number of likely N-dealkylation sites (tertiary alicyclic amines) is 1. The number of urea groups is 1. The summed E-state index contributed by atoms with van der Waals surface area (Å²) in [6.07, 6.45) is 4.94. The standard InChI is InChI=1S/C18H31N3O2/c1-13-5-7-20(8-6-13)12-21-15(22)18(19-16(21)23)10-14(2)9-17(3,4)11-18/h13-14H,5-12H2,1-4H3,(H,19,23)/t14-,18-/m1/s1. The Bertz CT molecular complexity index is 496. The van der Waals surface area contributed by atoms with Gasteiger partial charge in [0.15, 0.2) is 0 Å². The van der Waals surface area contributed by atoms with E-state index in [1.54, 1.807) is 0 Å². The molecule has 0 unspecified atom stereocenters. The number of rotatable bonds is 2. The van der Waals surface area contributed by atoms with Crippen LogP contribution in [0.25, 0.3) is 0 Å². The maximum Gasteiger partial charge on any atom is 0.326 e. The fourth-order valence-electron chi connectivity index (χ4n) is 5.04. The van der Waals surface area contributed by atoms with Gasteiger partial charge in [0.1, 0.15) is 5.54 Å². The third-order valence-electron chi connectivity index (χ3n) is 5.84. The molecule has 1 spiro atoms. The highest BCUT2D eigenvalue weighted by atomic mass is 16.2. The van der Waals surface area contributed by atoms with E-state index in [0.717, 1.165) is 51.1 Å². The third kappa shape index (κ3) is 3.25. The topological polar surface area (TPSA) is 52.6 Å². The summed E-state index contributed by atoms with van der Waals surface area (Å²) in [5.74, 6) is 1.21. The van der Waals surface area contributed by atoms with Crippen LogP contribution in [0.1, 0.15) is 59.8 Å². The van der Waals surface area contributed by atoms with Crippen LogP contribution in [-0.2, 0) is 4.79 Å². The van der Waals surface area contributed by atoms with E-state index in [1.807, 2.05) is 0 Å². The van der Waals surface area contributed by atoms with Gasteiger partial charge < -0.3 is 5.32 Å². The summed E-state index contributed by atoms with van der Waals surface area (Å²) in [5.41, 5.74) is -0.571. The van der Waals surface area contributed by atoms with Gasteiger partial charge in [-0.1, -0.05) is 27.7 Å². The molecule has 0 radical (unpaired) electrons. The summed E-state index contributed by atoms with van der Waals surface area (Å²) >= 11 is 0. The summed E-state index contributed by atoms with van der Waals surface area (Å²) in [4.78, 5) is 29.3. The fraction of sp³-hybridized carbons (Fsp3) is 0.889. The van der Waals surface area contributed by atoms with Crippen molar-refractivity contribution in [1.29, 1.82) is 0 Å². The second-order valence-corrected chi connectivity index (χ2v) is 9.04. The van der Waals surface area contributed by atoms with E-state index in [0.29, 0.717) is 12.6 Å². The molecule has 5 heteroatoms. The SMILES string of the molecule is CC1CCN(CN2C(=O)N[C@@]3(C[C@H](C)CC(C)(C)C3)C2=O)CC1. The molecular weight excluding hydrogens is 290 g/mol. The molecule has 1 N–H and O–H groups in total. The minimum Gasteiger partial charge on any atom is -0.323 e. The smallest absolute Gasteiger partial charge is 0.323 e. The van der Waals surface area contributed by atoms with Gasteiger partial charge in [-0.25, -0.2) is 9.69 Å². The van der Waals surface area contributed by atoms with Crippen molar-refractivity contribution in [2.45, 2.75) is 65.3 Å². The number of carbonyl (C=O) groups excluding carboxylic acids is 2. The van der Waals surface area contributed by atoms with Gasteiger partial charge in [-0.05, 0) is 49.4 Å². The molecule has 5 nitrogen and oxygen atoms in total. The first-order chi connectivity index (χ1) is 10.7. The summed E-state index contributed by atoms with van der Waals surface area (Å²) < 4.78 is 0. The van der Waals surface area contributed by atoms with Crippen molar-refractivity contribution in [2.24, 2.45) is 17.3 Å². The predicted molar refractivity (Wildman–Crippen MR) is 89.7 cm³/mol. The van der Waals surface area contributed by atoms with Crippen LogP contribution in [-0.4, -0.2) is 47.0 Å². The number of nitrogens with one attached hydrogen (secondary N) is 1. The minimum atomic E-state index is -0.665. The number of nitrogens with zero attached hydrogens (tertiary/aromatic N) is 2. The lowest BCUT2D eigenvalue weighted by Gasteiger charge is -2.44. The van der Waals surface area contributed by atoms with Crippen LogP contribution in [0.4, 0.5) is 4.79 Å². The van der Waals surface area contributed by atoms with E-state index >= 15 is 0 Å². The van der Waals surface area contributed by atoms with Gasteiger partial charge in [-0.2, -0.15) is 0 Å². The lowest BCUT2D eigenvalue weighted by atomic mass is 9.64. The first kappa shape index (κ1) is 16.7. The lowest BCUT2D eigenvalue weighted by molar-refractivity contribution is -0.136. The Morgan fingerprint density at radius 1 is 1.09 bits per heavy atom. The van der Waals surface area contributed by atoms with Crippen LogP contribution in [0.5, 0.6) is 0 Å². The van der Waals surface area contributed by atoms with E-state index in [1.165, 1.54) is 4.90 Å². The summed E-state index contributed by atoms with van der Waals surface area (Å²) in [5, 5.41) is 3.06. The van der Waals surface area contributed by atoms with E-state index in [9.17, 15) is 9.59 Å². The third-order valence-corrected chi connectivity index (χ3v) is 5.84. The number of imide groups is 1. The number of hydrogen-bond donors (Lipinski definition) is 1. The van der Waals surface area contributed by atoms with Crippen molar-refractivity contribution in [2.75, 3.05) is 19.8 Å². The lowest BCUT2D eigenvalue weighted by Crippen LogP contribution is -2.54. The molecule has 2 atom stereocenters. The van der Waals surface area contributed by atoms with Crippen LogP contribution in [0, 0.1) is 17.3 Å². The van der Waals surface area contributed by atoms with Crippen LogP contribution in [0.2, 0.25) is 0 Å². The van der Waals surface area contributed by atoms with Crippen molar-refractivity contribution < 1.29 is 9.59 Å². The molecule has 3 amide bonds. The van der Waals surface area contributed by atoms with Crippen molar-refractivity contribution >= 4 is 11.9 Å². The van der Waals surface area contributed by atoms with Crippen molar-refractivity contribution in [3.63, 3.8) is 0 Å². The molecule has 2 heterocycles. The molecule has 3 rings (SSSR count). The molecular formula is C18H31N3O2. The number of carbonyl (C=O) groups is 2. The van der Waals surface area contributed by atoms with Crippen LogP contribution >= 0.6 is 0 Å². The first-order valence-electron chi connectivity index (χ1n) is 9.07. The molecule has 0 aromatic carbocycles. The average Bonchev–Trinajstić information content (AvgIpc) is 2.62. The van der Waals surface area contributed by atoms with E-state index < -0.39 is 5.54 Å². The number of piperidine rings is 1. The molecule has 1 saturated carbocycles. The van der Waals surface area contributed by atoms with Gasteiger partial charge in [0, 0.05) is 13.1 Å². The van der Waals surface area contributed by atoms with Crippen molar-refractivity contribution in [3.8, 4) is 0 Å². The second kappa shape index (κ2) is 5.76. The quantitative estimate of drug-likeness (QED) is 0.796. The molecule has 0 aromatic heterocycles. The second-order valence-electron chi connectivity index (χ2n) is 9.04. The highest BCUT2D eigenvalue weighted by Gasteiger charge is 2.56. The van der Waals surface area contributed by atoms with E-state index in [4.69, 9.17) is 0 Å². The zero-order valence-electron chi connectivity index (χ0n) is 15.0. The van der Waals surface area contributed by atoms with Gasteiger partial charge in [-0.3, -0.25) is 9.69 Å². The van der Waals surface area contributed by atoms with Crippen LogP contribution in [0.15, 0.2) is 0 Å². The number of amides is 3. The molecule has 2 aliphatic heterocycles. The highest BCUT2D eigenvalue weighted by molar-refractivity contribution is 6.07. The molecule has 23 heavy (non-hydrogen) atoms. The molecule has 3 fully saturated rings.